The van der Waals surface area contributed by atoms with Crippen LogP contribution in [-0.2, 0) is 9.73 Å². The van der Waals surface area contributed by atoms with E-state index in [4.69, 9.17) is 10.5 Å². The maximum atomic E-state index is 11.7. The zero-order valence-corrected chi connectivity index (χ0v) is 17.7. The third kappa shape index (κ3) is 6.81. The van der Waals surface area contributed by atoms with E-state index in [0.717, 1.165) is 0 Å². The molecule has 0 radical (unpaired) electrons. The quantitative estimate of drug-likeness (QED) is 0.251. The van der Waals surface area contributed by atoms with E-state index < -0.39 is 15.3 Å². The monoisotopic (exact) mass is 443 g/mol. The van der Waals surface area contributed by atoms with Crippen LogP contribution < -0.4 is 16.4 Å². The zero-order valence-electron chi connectivity index (χ0n) is 15.3. The third-order valence-corrected chi connectivity index (χ3v) is 5.50. The van der Waals surface area contributed by atoms with E-state index in [1.165, 1.54) is 6.26 Å². The Hall–Kier alpha value is -1.84. The summed E-state index contributed by atoms with van der Waals surface area (Å²) in [5.41, 5.74) is 5.64. The lowest BCUT2D eigenvalue weighted by atomic mass is 10.0. The number of rotatable bonds is 7. The van der Waals surface area contributed by atoms with E-state index in [1.807, 2.05) is 6.92 Å². The summed E-state index contributed by atoms with van der Waals surface area (Å²) in [4.78, 5) is 4.74. The third-order valence-electron chi connectivity index (χ3n) is 3.63. The van der Waals surface area contributed by atoms with Gasteiger partial charge in [-0.15, -0.1) is 0 Å². The van der Waals surface area contributed by atoms with Crippen molar-refractivity contribution in [1.29, 1.82) is 4.78 Å². The summed E-state index contributed by atoms with van der Waals surface area (Å²) in [6.07, 6.45) is 2.93. The minimum absolute atomic E-state index is 0.116. The first-order valence-electron chi connectivity index (χ1n) is 7.80. The number of anilines is 1. The van der Waals surface area contributed by atoms with Crippen LogP contribution in [0.3, 0.4) is 0 Å². The number of nitrogens with zero attached hydrogens (tertiary/aromatic N) is 1. The normalized spacial score (nSPS) is 16.9. The summed E-state index contributed by atoms with van der Waals surface area (Å²) >= 11 is 3.36. The van der Waals surface area contributed by atoms with Gasteiger partial charge in [0, 0.05) is 16.8 Å². The molecule has 1 rings (SSSR count). The summed E-state index contributed by atoms with van der Waals surface area (Å²) in [5.74, 6) is 0.532. The molecule has 9 heteroatoms. The molecule has 0 aliphatic rings. The smallest absolute Gasteiger partial charge is 0.199 e. The molecule has 0 aliphatic carbocycles. The molecule has 1 aromatic rings. The maximum absolute atomic E-state index is 11.7. The molecule has 7 nitrogen and oxygen atoms in total. The second kappa shape index (κ2) is 8.70. The van der Waals surface area contributed by atoms with E-state index >= 15 is 0 Å². The molecular formula is C17H26BrN5O2S. The van der Waals surface area contributed by atoms with Crippen molar-refractivity contribution >= 4 is 37.3 Å². The van der Waals surface area contributed by atoms with Crippen molar-refractivity contribution in [3.05, 3.63) is 47.2 Å². The van der Waals surface area contributed by atoms with Crippen molar-refractivity contribution in [2.24, 2.45) is 10.7 Å². The zero-order chi connectivity index (χ0) is 20.1. The van der Waals surface area contributed by atoms with Crippen molar-refractivity contribution in [2.45, 2.75) is 37.3 Å². The summed E-state index contributed by atoms with van der Waals surface area (Å²) in [7, 11) is -2.76. The van der Waals surface area contributed by atoms with Crippen LogP contribution in [0.4, 0.5) is 5.69 Å². The largest absolute Gasteiger partial charge is 0.388 e. The lowest BCUT2D eigenvalue weighted by molar-refractivity contribution is 0.0478. The van der Waals surface area contributed by atoms with Gasteiger partial charge < -0.3 is 21.5 Å². The van der Waals surface area contributed by atoms with E-state index in [0.29, 0.717) is 20.9 Å². The highest BCUT2D eigenvalue weighted by atomic mass is 79.9. The first-order valence-corrected chi connectivity index (χ1v) is 10.6. The topological polar surface area (TPSA) is 124 Å². The van der Waals surface area contributed by atoms with Crippen LogP contribution in [0.1, 0.15) is 20.8 Å². The fourth-order valence-electron chi connectivity index (χ4n) is 1.73. The van der Waals surface area contributed by atoms with Gasteiger partial charge in [-0.1, -0.05) is 12.7 Å². The summed E-state index contributed by atoms with van der Waals surface area (Å²) < 4.78 is 19.9. The van der Waals surface area contributed by atoms with Crippen molar-refractivity contribution in [3.63, 3.8) is 0 Å². The number of benzene rings is 1. The minimum Gasteiger partial charge on any atom is -0.388 e. The number of allylic oxidation sites excluding steroid dienone is 2. The Balaban J connectivity index is 3.02. The predicted octanol–water partition coefficient (Wildman–Crippen LogP) is 2.95. The molecule has 1 unspecified atom stereocenters. The molecule has 0 fully saturated rings. The lowest BCUT2D eigenvalue weighted by Crippen LogP contribution is -2.44. The molecule has 0 amide bonds. The van der Waals surface area contributed by atoms with E-state index in [9.17, 15) is 9.32 Å². The van der Waals surface area contributed by atoms with Gasteiger partial charge in [0.05, 0.1) is 25.9 Å². The Bertz CT molecular complexity index is 809. The van der Waals surface area contributed by atoms with Crippen LogP contribution in [-0.4, -0.2) is 33.2 Å². The molecule has 0 bridgehead atoms. The van der Waals surface area contributed by atoms with E-state index in [2.05, 4.69) is 38.1 Å². The van der Waals surface area contributed by atoms with Gasteiger partial charge >= 0.3 is 0 Å². The van der Waals surface area contributed by atoms with E-state index in [-0.39, 0.29) is 12.0 Å². The Labute approximate surface area is 163 Å². The van der Waals surface area contributed by atoms with Crippen LogP contribution in [0.5, 0.6) is 0 Å². The molecule has 0 aliphatic heterocycles. The van der Waals surface area contributed by atoms with Crippen molar-refractivity contribution in [1.82, 2.24) is 5.32 Å². The fraction of sp³-hybridized carbons (Fsp3) is 0.353. The standard InChI is InChI=1S/C17H26BrN5O2S/c1-6-14(18)15(21-11(2)17(3,4)24)23-16(19)22-12-7-9-13(10-8-12)26(5,20)25/h6-11,20-21,24H,1H2,2-5H3,(H3,19,22,23)/b15-14+/t11-,26?/m1/s1. The predicted molar refractivity (Wildman–Crippen MR) is 112 cm³/mol. The van der Waals surface area contributed by atoms with Crippen molar-refractivity contribution in [2.75, 3.05) is 11.6 Å². The number of aliphatic hydroxyl groups is 1. The number of halogens is 1. The van der Waals surface area contributed by atoms with Gasteiger partial charge in [0.25, 0.3) is 0 Å². The van der Waals surface area contributed by atoms with Crippen LogP contribution in [0.2, 0.25) is 0 Å². The number of nitrogens with two attached hydrogens (primary N) is 1. The average Bonchev–Trinajstić information content (AvgIpc) is 2.52. The van der Waals surface area contributed by atoms with Crippen LogP contribution in [0, 0.1) is 4.78 Å². The molecular weight excluding hydrogens is 418 g/mol. The highest BCUT2D eigenvalue weighted by Crippen LogP contribution is 2.17. The molecule has 2 atom stereocenters. The molecule has 0 spiro atoms. The second-order valence-corrected chi connectivity index (χ2v) is 9.42. The van der Waals surface area contributed by atoms with Crippen LogP contribution >= 0.6 is 15.9 Å². The Morgan fingerprint density at radius 3 is 2.42 bits per heavy atom. The second-order valence-electron chi connectivity index (χ2n) is 6.41. The van der Waals surface area contributed by atoms with Gasteiger partial charge in [0.2, 0.25) is 0 Å². The molecule has 0 saturated heterocycles. The number of nitrogens with one attached hydrogen (secondary N) is 3. The molecule has 144 valence electrons. The number of hydrogen-bond donors (Lipinski definition) is 5. The molecule has 0 saturated carbocycles. The highest BCUT2D eigenvalue weighted by Gasteiger charge is 2.23. The number of aliphatic imine (C=N–C) groups is 1. The minimum atomic E-state index is -2.76. The summed E-state index contributed by atoms with van der Waals surface area (Å²) in [6.45, 7) is 8.89. The van der Waals surface area contributed by atoms with Gasteiger partial charge in [0.15, 0.2) is 5.96 Å². The van der Waals surface area contributed by atoms with Gasteiger partial charge in [0.1, 0.15) is 5.82 Å². The number of guanidine groups is 1. The van der Waals surface area contributed by atoms with Gasteiger partial charge in [-0.3, -0.25) is 0 Å². The van der Waals surface area contributed by atoms with Crippen LogP contribution in [0.25, 0.3) is 0 Å². The van der Waals surface area contributed by atoms with Crippen molar-refractivity contribution in [3.8, 4) is 0 Å². The average molecular weight is 444 g/mol. The first kappa shape index (κ1) is 22.2. The van der Waals surface area contributed by atoms with Gasteiger partial charge in [-0.2, -0.15) is 4.99 Å². The molecule has 0 aromatic heterocycles. The van der Waals surface area contributed by atoms with Crippen LogP contribution in [0.15, 0.2) is 57.1 Å². The Morgan fingerprint density at radius 2 is 2.00 bits per heavy atom. The SMILES string of the molecule is C=C/C(Br)=C(\N=C(/N)Nc1ccc(S(C)(=N)=O)cc1)N[C@H](C)C(C)(C)O. The van der Waals surface area contributed by atoms with Gasteiger partial charge in [-0.05, 0) is 61.0 Å². The molecule has 0 heterocycles. The fourth-order valence-corrected chi connectivity index (χ4v) is 2.59. The summed E-state index contributed by atoms with van der Waals surface area (Å²) in [5, 5.41) is 16.1. The van der Waals surface area contributed by atoms with Gasteiger partial charge in [-0.25, -0.2) is 8.99 Å². The Morgan fingerprint density at radius 1 is 1.46 bits per heavy atom. The molecule has 1 aromatic carbocycles. The molecule has 6 N–H and O–H groups in total. The molecule has 26 heavy (non-hydrogen) atoms. The number of hydrogen-bond acceptors (Lipinski definition) is 5. The summed E-state index contributed by atoms with van der Waals surface area (Å²) in [6, 6.07) is 6.27. The lowest BCUT2D eigenvalue weighted by Gasteiger charge is -2.28. The first-order chi connectivity index (χ1) is 11.8. The highest BCUT2D eigenvalue weighted by molar-refractivity contribution is 9.11. The van der Waals surface area contributed by atoms with Crippen molar-refractivity contribution < 1.29 is 9.32 Å². The van der Waals surface area contributed by atoms with E-state index in [1.54, 1.807) is 44.2 Å². The maximum Gasteiger partial charge on any atom is 0.199 e. The Kier molecular flexibility index (Phi) is 7.43.